The van der Waals surface area contributed by atoms with Gasteiger partial charge in [0.1, 0.15) is 11.5 Å². The van der Waals surface area contributed by atoms with Crippen LogP contribution in [-0.2, 0) is 9.53 Å². The normalized spacial score (nSPS) is 11.6. The van der Waals surface area contributed by atoms with Gasteiger partial charge in [-0.1, -0.05) is 6.92 Å². The van der Waals surface area contributed by atoms with Crippen molar-refractivity contribution in [2.75, 3.05) is 33.2 Å². The molecule has 0 spiro atoms. The van der Waals surface area contributed by atoms with Crippen molar-refractivity contribution in [3.05, 3.63) is 18.2 Å². The van der Waals surface area contributed by atoms with Crippen LogP contribution in [0.15, 0.2) is 18.2 Å². The highest BCUT2D eigenvalue weighted by atomic mass is 16.5. The van der Waals surface area contributed by atoms with Crippen LogP contribution in [0.2, 0.25) is 0 Å². The largest absolute Gasteiger partial charge is 0.497 e. The van der Waals surface area contributed by atoms with Crippen molar-refractivity contribution < 1.29 is 19.0 Å². The third-order valence-corrected chi connectivity index (χ3v) is 2.61. The molecule has 0 aromatic heterocycles. The van der Waals surface area contributed by atoms with E-state index >= 15 is 0 Å². The van der Waals surface area contributed by atoms with Crippen molar-refractivity contribution in [1.29, 1.82) is 0 Å². The summed E-state index contributed by atoms with van der Waals surface area (Å²) in [4.78, 5) is 11.3. The number of anilines is 1. The minimum atomic E-state index is -0.241. The second kappa shape index (κ2) is 6.74. The average Bonchev–Trinajstić information content (AvgIpc) is 2.43. The topological polar surface area (TPSA) is 56.8 Å². The Bertz CT molecular complexity index is 406. The molecule has 18 heavy (non-hydrogen) atoms. The summed E-state index contributed by atoms with van der Waals surface area (Å²) in [6.45, 7) is 2.28. The summed E-state index contributed by atoms with van der Waals surface area (Å²) >= 11 is 0. The molecule has 0 saturated carbocycles. The van der Waals surface area contributed by atoms with E-state index in [9.17, 15) is 4.79 Å². The van der Waals surface area contributed by atoms with Gasteiger partial charge in [-0.05, 0) is 12.1 Å². The van der Waals surface area contributed by atoms with Gasteiger partial charge in [0.15, 0.2) is 0 Å². The van der Waals surface area contributed by atoms with Crippen LogP contribution in [-0.4, -0.2) is 33.8 Å². The predicted octanol–water partition coefficient (Wildman–Crippen LogP) is 1.92. The zero-order valence-corrected chi connectivity index (χ0v) is 11.1. The maximum absolute atomic E-state index is 11.3. The van der Waals surface area contributed by atoms with Crippen LogP contribution in [0.5, 0.6) is 11.5 Å². The van der Waals surface area contributed by atoms with Gasteiger partial charge >= 0.3 is 5.97 Å². The first-order valence-corrected chi connectivity index (χ1v) is 5.66. The lowest BCUT2D eigenvalue weighted by atomic mass is 10.2. The van der Waals surface area contributed by atoms with Crippen molar-refractivity contribution in [2.45, 2.75) is 6.92 Å². The Kier molecular flexibility index (Phi) is 5.30. The summed E-state index contributed by atoms with van der Waals surface area (Å²) in [6, 6.07) is 5.46. The molecule has 0 bridgehead atoms. The Morgan fingerprint density at radius 2 is 2.00 bits per heavy atom. The zero-order chi connectivity index (χ0) is 13.5. The molecule has 1 atom stereocenters. The molecule has 0 aliphatic heterocycles. The molecule has 0 saturated heterocycles. The molecular weight excluding hydrogens is 234 g/mol. The van der Waals surface area contributed by atoms with E-state index in [1.807, 2.05) is 12.1 Å². The number of carbonyl (C=O) groups excluding carboxylic acids is 1. The quantitative estimate of drug-likeness (QED) is 0.785. The lowest BCUT2D eigenvalue weighted by molar-refractivity contribution is -0.144. The summed E-state index contributed by atoms with van der Waals surface area (Å²) in [7, 11) is 4.57. The summed E-state index contributed by atoms with van der Waals surface area (Å²) < 4.78 is 15.0. The lowest BCUT2D eigenvalue weighted by Gasteiger charge is -2.14. The maximum atomic E-state index is 11.3. The van der Waals surface area contributed by atoms with Gasteiger partial charge in [0.25, 0.3) is 0 Å². The fourth-order valence-corrected chi connectivity index (χ4v) is 1.49. The van der Waals surface area contributed by atoms with Crippen molar-refractivity contribution in [3.8, 4) is 11.5 Å². The molecule has 1 rings (SSSR count). The Morgan fingerprint density at radius 3 is 2.56 bits per heavy atom. The molecule has 0 radical (unpaired) electrons. The first-order chi connectivity index (χ1) is 8.62. The summed E-state index contributed by atoms with van der Waals surface area (Å²) in [5.74, 6) is 0.932. The number of benzene rings is 1. The van der Waals surface area contributed by atoms with E-state index < -0.39 is 0 Å². The van der Waals surface area contributed by atoms with Gasteiger partial charge in [-0.25, -0.2) is 0 Å². The van der Waals surface area contributed by atoms with Gasteiger partial charge < -0.3 is 19.5 Å². The molecule has 0 amide bonds. The third-order valence-electron chi connectivity index (χ3n) is 2.61. The molecular formula is C13H19NO4. The summed E-state index contributed by atoms with van der Waals surface area (Å²) in [5.41, 5.74) is 0.814. The Hall–Kier alpha value is -1.91. The molecule has 0 heterocycles. The minimum Gasteiger partial charge on any atom is -0.497 e. The molecule has 1 N–H and O–H groups in total. The van der Waals surface area contributed by atoms with E-state index in [-0.39, 0.29) is 11.9 Å². The molecule has 1 unspecified atom stereocenters. The van der Waals surface area contributed by atoms with Gasteiger partial charge in [0.05, 0.1) is 32.9 Å². The van der Waals surface area contributed by atoms with Gasteiger partial charge in [-0.15, -0.1) is 0 Å². The van der Waals surface area contributed by atoms with Gasteiger partial charge in [-0.3, -0.25) is 4.79 Å². The fourth-order valence-electron chi connectivity index (χ4n) is 1.49. The standard InChI is InChI=1S/C13H19NO4/c1-9(13(15)18-4)8-14-11-6-5-10(16-2)7-12(11)17-3/h5-7,9,14H,8H2,1-4H3. The molecule has 0 fully saturated rings. The second-order valence-electron chi connectivity index (χ2n) is 3.87. The number of hydrogen-bond acceptors (Lipinski definition) is 5. The Balaban J connectivity index is 2.69. The van der Waals surface area contributed by atoms with Crippen LogP contribution in [0.4, 0.5) is 5.69 Å². The maximum Gasteiger partial charge on any atom is 0.310 e. The van der Waals surface area contributed by atoms with Crippen LogP contribution in [0.3, 0.4) is 0 Å². The van der Waals surface area contributed by atoms with E-state index in [1.165, 1.54) is 7.11 Å². The van der Waals surface area contributed by atoms with Crippen LogP contribution in [0.25, 0.3) is 0 Å². The van der Waals surface area contributed by atoms with E-state index in [4.69, 9.17) is 9.47 Å². The molecule has 100 valence electrons. The third kappa shape index (κ3) is 3.55. The Labute approximate surface area is 107 Å². The fraction of sp³-hybridized carbons (Fsp3) is 0.462. The first kappa shape index (κ1) is 14.2. The van der Waals surface area contributed by atoms with Crippen molar-refractivity contribution in [1.82, 2.24) is 0 Å². The first-order valence-electron chi connectivity index (χ1n) is 5.66. The van der Waals surface area contributed by atoms with Crippen LogP contribution in [0, 0.1) is 5.92 Å². The number of esters is 1. The zero-order valence-electron chi connectivity index (χ0n) is 11.1. The minimum absolute atomic E-state index is 0.221. The van der Waals surface area contributed by atoms with Crippen molar-refractivity contribution in [3.63, 3.8) is 0 Å². The smallest absolute Gasteiger partial charge is 0.310 e. The number of rotatable bonds is 6. The molecule has 5 nitrogen and oxygen atoms in total. The molecule has 1 aromatic rings. The number of ether oxygens (including phenoxy) is 3. The van der Waals surface area contributed by atoms with E-state index in [0.29, 0.717) is 12.3 Å². The van der Waals surface area contributed by atoms with Crippen LogP contribution < -0.4 is 14.8 Å². The highest BCUT2D eigenvalue weighted by Crippen LogP contribution is 2.29. The average molecular weight is 253 g/mol. The van der Waals surface area contributed by atoms with E-state index in [1.54, 1.807) is 27.2 Å². The second-order valence-corrected chi connectivity index (χ2v) is 3.87. The van der Waals surface area contributed by atoms with Crippen molar-refractivity contribution >= 4 is 11.7 Å². The summed E-state index contributed by atoms with van der Waals surface area (Å²) in [5, 5.41) is 3.15. The number of carbonyl (C=O) groups is 1. The van der Waals surface area contributed by atoms with Crippen LogP contribution in [0.1, 0.15) is 6.92 Å². The molecule has 0 aliphatic rings. The lowest BCUT2D eigenvalue weighted by Crippen LogP contribution is -2.21. The monoisotopic (exact) mass is 253 g/mol. The van der Waals surface area contributed by atoms with Gasteiger partial charge in [-0.2, -0.15) is 0 Å². The molecule has 1 aromatic carbocycles. The predicted molar refractivity (Wildman–Crippen MR) is 69.2 cm³/mol. The van der Waals surface area contributed by atoms with Crippen LogP contribution >= 0.6 is 0 Å². The number of hydrogen-bond donors (Lipinski definition) is 1. The van der Waals surface area contributed by atoms with E-state index in [0.717, 1.165) is 11.4 Å². The van der Waals surface area contributed by atoms with E-state index in [2.05, 4.69) is 10.1 Å². The molecule has 5 heteroatoms. The Morgan fingerprint density at radius 1 is 1.28 bits per heavy atom. The van der Waals surface area contributed by atoms with Crippen molar-refractivity contribution in [2.24, 2.45) is 5.92 Å². The SMILES string of the molecule is COC(=O)C(C)CNc1ccc(OC)cc1OC. The highest BCUT2D eigenvalue weighted by molar-refractivity contribution is 5.72. The highest BCUT2D eigenvalue weighted by Gasteiger charge is 2.13. The number of methoxy groups -OCH3 is 3. The van der Waals surface area contributed by atoms with Gasteiger partial charge in [0, 0.05) is 12.6 Å². The number of nitrogens with one attached hydrogen (secondary N) is 1. The summed E-state index contributed by atoms with van der Waals surface area (Å²) in [6.07, 6.45) is 0. The van der Waals surface area contributed by atoms with Gasteiger partial charge in [0.2, 0.25) is 0 Å². The molecule has 0 aliphatic carbocycles.